The van der Waals surface area contributed by atoms with Gasteiger partial charge in [0.05, 0.1) is 13.0 Å². The van der Waals surface area contributed by atoms with Crippen LogP contribution in [0.5, 0.6) is 0 Å². The summed E-state index contributed by atoms with van der Waals surface area (Å²) in [6.45, 7) is 10.1. The molecule has 0 N–H and O–H groups in total. The summed E-state index contributed by atoms with van der Waals surface area (Å²) in [6.07, 6.45) is 3.96. The van der Waals surface area contributed by atoms with Crippen molar-refractivity contribution >= 4 is 27.5 Å². The van der Waals surface area contributed by atoms with Crippen LogP contribution in [0.25, 0.3) is 5.57 Å². The molecule has 202 valence electrons. The number of hydrogen-bond donors (Lipinski definition) is 0. The Hall–Kier alpha value is -2.83. The third-order valence-electron chi connectivity index (χ3n) is 6.84. The quantitative estimate of drug-likeness (QED) is 0.411. The maximum Gasteiger partial charge on any atom is 0.410 e. The lowest BCUT2D eigenvalue weighted by molar-refractivity contribution is -0.143. The highest BCUT2D eigenvalue weighted by atomic mass is 32.2. The molecule has 2 heterocycles. The highest BCUT2D eigenvalue weighted by Gasteiger charge is 2.44. The minimum Gasteiger partial charge on any atom is -0.468 e. The molecule has 1 saturated heterocycles. The van der Waals surface area contributed by atoms with Gasteiger partial charge in [-0.25, -0.2) is 13.2 Å². The van der Waals surface area contributed by atoms with Gasteiger partial charge in [0.25, 0.3) is 0 Å². The van der Waals surface area contributed by atoms with Crippen LogP contribution in [0.4, 0.5) is 4.79 Å². The standard InChI is InChI=1S/C28H38N2O6S/c1-27(2,3)36-26(32)30-19-22(20-30)8-7-21-9-11-23(12-10-21)24-13-16-29(17-14-24)18-15-28(4,25(31)35-5)37(6,33)34/h9-13,22H,14-20H2,1-6H3. The Morgan fingerprint density at radius 1 is 1.11 bits per heavy atom. The summed E-state index contributed by atoms with van der Waals surface area (Å²) in [5.41, 5.74) is 2.81. The van der Waals surface area contributed by atoms with Crippen molar-refractivity contribution in [2.24, 2.45) is 5.92 Å². The highest BCUT2D eigenvalue weighted by molar-refractivity contribution is 7.92. The zero-order chi connectivity index (χ0) is 27.4. The zero-order valence-electron chi connectivity index (χ0n) is 22.7. The van der Waals surface area contributed by atoms with E-state index in [1.54, 1.807) is 4.90 Å². The number of hydrogen-bond acceptors (Lipinski definition) is 7. The van der Waals surface area contributed by atoms with E-state index in [0.29, 0.717) is 26.2 Å². The van der Waals surface area contributed by atoms with Crippen LogP contribution in [0.1, 0.15) is 51.7 Å². The number of nitrogens with zero attached hydrogens (tertiary/aromatic N) is 2. The minimum absolute atomic E-state index is 0.156. The fourth-order valence-electron chi connectivity index (χ4n) is 4.20. The van der Waals surface area contributed by atoms with Gasteiger partial charge in [0.1, 0.15) is 5.60 Å². The largest absolute Gasteiger partial charge is 0.468 e. The molecular formula is C28H38N2O6S. The van der Waals surface area contributed by atoms with Crippen LogP contribution in [-0.2, 0) is 24.1 Å². The van der Waals surface area contributed by atoms with Crippen LogP contribution < -0.4 is 0 Å². The van der Waals surface area contributed by atoms with E-state index >= 15 is 0 Å². The van der Waals surface area contributed by atoms with Crippen molar-refractivity contribution < 1.29 is 27.5 Å². The van der Waals surface area contributed by atoms with Gasteiger partial charge in [-0.05, 0) is 63.8 Å². The Morgan fingerprint density at radius 2 is 1.76 bits per heavy atom. The molecule has 0 saturated carbocycles. The molecule has 1 fully saturated rings. The number of sulfone groups is 1. The van der Waals surface area contributed by atoms with Crippen molar-refractivity contribution in [2.45, 2.75) is 50.9 Å². The molecule has 1 aromatic carbocycles. The van der Waals surface area contributed by atoms with E-state index in [-0.39, 0.29) is 18.4 Å². The third-order valence-corrected chi connectivity index (χ3v) is 8.85. The fraction of sp³-hybridized carbons (Fsp3) is 0.571. The lowest BCUT2D eigenvalue weighted by Gasteiger charge is -2.37. The van der Waals surface area contributed by atoms with Crippen molar-refractivity contribution in [3.63, 3.8) is 0 Å². The highest BCUT2D eigenvalue weighted by Crippen LogP contribution is 2.26. The number of ether oxygens (including phenoxy) is 2. The monoisotopic (exact) mass is 530 g/mol. The first-order chi connectivity index (χ1) is 17.2. The Labute approximate surface area is 220 Å². The number of methoxy groups -OCH3 is 1. The number of likely N-dealkylation sites (tertiary alicyclic amines) is 1. The second-order valence-corrected chi connectivity index (χ2v) is 13.4. The fourth-order valence-corrected chi connectivity index (χ4v) is 5.05. The number of carbonyl (C=O) groups is 2. The second kappa shape index (κ2) is 11.3. The van der Waals surface area contributed by atoms with E-state index < -0.39 is 26.2 Å². The Balaban J connectivity index is 1.51. The summed E-state index contributed by atoms with van der Waals surface area (Å²) in [4.78, 5) is 28.0. The molecule has 1 atom stereocenters. The molecule has 1 unspecified atom stereocenters. The van der Waals surface area contributed by atoms with E-state index in [4.69, 9.17) is 9.47 Å². The first-order valence-electron chi connectivity index (χ1n) is 12.5. The Kier molecular flexibility index (Phi) is 8.76. The van der Waals surface area contributed by atoms with Crippen LogP contribution in [0.3, 0.4) is 0 Å². The number of amides is 1. The van der Waals surface area contributed by atoms with E-state index in [9.17, 15) is 18.0 Å². The van der Waals surface area contributed by atoms with E-state index in [1.807, 2.05) is 32.9 Å². The summed E-state index contributed by atoms with van der Waals surface area (Å²) >= 11 is 0. The molecule has 2 aliphatic heterocycles. The summed E-state index contributed by atoms with van der Waals surface area (Å²) < 4.78 is 33.0. The van der Waals surface area contributed by atoms with Gasteiger partial charge in [-0.1, -0.05) is 30.0 Å². The average molecular weight is 531 g/mol. The molecule has 0 radical (unpaired) electrons. The van der Waals surface area contributed by atoms with Crippen LogP contribution in [-0.4, -0.2) is 86.7 Å². The molecule has 37 heavy (non-hydrogen) atoms. The summed E-state index contributed by atoms with van der Waals surface area (Å²) in [5, 5.41) is 0. The number of benzene rings is 1. The van der Waals surface area contributed by atoms with E-state index in [2.05, 4.69) is 34.9 Å². The molecule has 0 aromatic heterocycles. The van der Waals surface area contributed by atoms with Gasteiger partial charge in [-0.3, -0.25) is 9.69 Å². The molecule has 9 heteroatoms. The summed E-state index contributed by atoms with van der Waals surface area (Å²) in [5.74, 6) is 5.88. The predicted octanol–water partition coefficient (Wildman–Crippen LogP) is 3.36. The van der Waals surface area contributed by atoms with Crippen molar-refractivity contribution in [1.29, 1.82) is 0 Å². The number of rotatable bonds is 6. The van der Waals surface area contributed by atoms with E-state index in [1.165, 1.54) is 19.6 Å². The molecule has 8 nitrogen and oxygen atoms in total. The normalized spacial score (nSPS) is 18.5. The van der Waals surface area contributed by atoms with Crippen LogP contribution in [0.2, 0.25) is 0 Å². The smallest absolute Gasteiger partial charge is 0.410 e. The van der Waals surface area contributed by atoms with Crippen molar-refractivity contribution in [1.82, 2.24) is 9.80 Å². The van der Waals surface area contributed by atoms with Gasteiger partial charge in [0.15, 0.2) is 14.6 Å². The number of esters is 1. The molecule has 3 rings (SSSR count). The maximum atomic E-state index is 12.2. The van der Waals surface area contributed by atoms with E-state index in [0.717, 1.165) is 30.3 Å². The zero-order valence-corrected chi connectivity index (χ0v) is 23.5. The van der Waals surface area contributed by atoms with Crippen molar-refractivity contribution in [2.75, 3.05) is 46.1 Å². The summed E-state index contributed by atoms with van der Waals surface area (Å²) in [7, 11) is -2.39. The van der Waals surface area contributed by atoms with Crippen LogP contribution >= 0.6 is 0 Å². The lowest BCUT2D eigenvalue weighted by atomic mass is 9.97. The molecule has 2 aliphatic rings. The van der Waals surface area contributed by atoms with Gasteiger partial charge in [0, 0.05) is 44.5 Å². The van der Waals surface area contributed by atoms with Crippen molar-refractivity contribution in [3.05, 3.63) is 41.5 Å². The van der Waals surface area contributed by atoms with Gasteiger partial charge < -0.3 is 14.4 Å². The predicted molar refractivity (Wildman–Crippen MR) is 144 cm³/mol. The Bertz CT molecular complexity index is 1200. The molecule has 0 aliphatic carbocycles. The molecule has 1 aromatic rings. The molecule has 0 spiro atoms. The van der Waals surface area contributed by atoms with Gasteiger partial charge in [-0.2, -0.15) is 0 Å². The maximum absolute atomic E-state index is 12.2. The van der Waals surface area contributed by atoms with Crippen LogP contribution in [0, 0.1) is 17.8 Å². The second-order valence-electron chi connectivity index (χ2n) is 11.0. The van der Waals surface area contributed by atoms with Gasteiger partial charge >= 0.3 is 12.1 Å². The average Bonchev–Trinajstić information content (AvgIpc) is 2.80. The SMILES string of the molecule is COC(=O)C(C)(CCN1CC=C(c2ccc(C#CC3CN(C(=O)OC(C)(C)C)C3)cc2)CC1)S(C)(=O)=O. The number of carbonyl (C=O) groups excluding carboxylic acids is 2. The van der Waals surface area contributed by atoms with Crippen molar-refractivity contribution in [3.8, 4) is 11.8 Å². The minimum atomic E-state index is -3.61. The van der Waals surface area contributed by atoms with Crippen LogP contribution in [0.15, 0.2) is 30.3 Å². The summed E-state index contributed by atoms with van der Waals surface area (Å²) in [6, 6.07) is 8.15. The topological polar surface area (TPSA) is 93.2 Å². The Morgan fingerprint density at radius 3 is 2.27 bits per heavy atom. The third kappa shape index (κ3) is 7.36. The van der Waals surface area contributed by atoms with Gasteiger partial charge in [0.2, 0.25) is 0 Å². The molecule has 0 bridgehead atoms. The first kappa shape index (κ1) is 28.7. The first-order valence-corrected chi connectivity index (χ1v) is 14.4. The molecular weight excluding hydrogens is 492 g/mol. The molecule has 1 amide bonds. The lowest BCUT2D eigenvalue weighted by Crippen LogP contribution is -2.51. The van der Waals surface area contributed by atoms with Gasteiger partial charge in [-0.15, -0.1) is 0 Å².